The monoisotopic (exact) mass is 170 g/mol. The van der Waals surface area contributed by atoms with Crippen molar-refractivity contribution in [3.05, 3.63) is 11.4 Å². The molecular weight excluding hydrogens is 155 g/mol. The Labute approximate surface area is 72.7 Å². The van der Waals surface area contributed by atoms with Crippen molar-refractivity contribution in [2.24, 2.45) is 0 Å². The first-order chi connectivity index (χ1) is 5.70. The minimum atomic E-state index is -0.148. The van der Waals surface area contributed by atoms with Crippen LogP contribution in [0.5, 0.6) is 0 Å². The van der Waals surface area contributed by atoms with Gasteiger partial charge in [0, 0.05) is 12.8 Å². The minimum Gasteiger partial charge on any atom is -0.299 e. The molecule has 2 heteroatoms. The summed E-state index contributed by atoms with van der Waals surface area (Å²) in [5.74, 6) is 0.0481. The van der Waals surface area contributed by atoms with Gasteiger partial charge >= 0.3 is 0 Å². The highest BCUT2D eigenvalue weighted by atomic mass is 19.1. The van der Waals surface area contributed by atoms with E-state index >= 15 is 0 Å². The highest BCUT2D eigenvalue weighted by molar-refractivity contribution is 5.80. The molecule has 0 bridgehead atoms. The fourth-order valence-corrected chi connectivity index (χ4v) is 1.55. The summed E-state index contributed by atoms with van der Waals surface area (Å²) in [6.45, 7) is 1.45. The second kappa shape index (κ2) is 4.39. The average Bonchev–Trinajstić information content (AvgIpc) is 1.95. The zero-order valence-electron chi connectivity index (χ0n) is 7.53. The predicted molar refractivity (Wildman–Crippen MR) is 46.5 cm³/mol. The molecule has 1 aliphatic rings. The van der Waals surface area contributed by atoms with E-state index in [1.165, 1.54) is 6.92 Å². The fraction of sp³-hybridized carbons (Fsp3) is 0.700. The Kier molecular flexibility index (Phi) is 3.45. The second-order valence-corrected chi connectivity index (χ2v) is 3.41. The van der Waals surface area contributed by atoms with Crippen molar-refractivity contribution < 1.29 is 9.18 Å². The summed E-state index contributed by atoms with van der Waals surface area (Å²) in [6, 6.07) is 0. The van der Waals surface area contributed by atoms with Crippen LogP contribution in [0, 0.1) is 0 Å². The van der Waals surface area contributed by atoms with Gasteiger partial charge < -0.3 is 0 Å². The van der Waals surface area contributed by atoms with Gasteiger partial charge in [0.05, 0.1) is 5.83 Å². The molecule has 1 aliphatic carbocycles. The van der Waals surface area contributed by atoms with Crippen molar-refractivity contribution in [1.29, 1.82) is 0 Å². The van der Waals surface area contributed by atoms with E-state index in [-0.39, 0.29) is 11.6 Å². The first-order valence-electron chi connectivity index (χ1n) is 4.56. The molecular formula is C10H15FO. The van der Waals surface area contributed by atoms with Crippen LogP contribution >= 0.6 is 0 Å². The van der Waals surface area contributed by atoms with E-state index in [2.05, 4.69) is 0 Å². The van der Waals surface area contributed by atoms with Crippen LogP contribution in [0.3, 0.4) is 0 Å². The van der Waals surface area contributed by atoms with Crippen molar-refractivity contribution in [1.82, 2.24) is 0 Å². The van der Waals surface area contributed by atoms with E-state index in [1.54, 1.807) is 0 Å². The van der Waals surface area contributed by atoms with Crippen LogP contribution in [-0.4, -0.2) is 5.78 Å². The third-order valence-corrected chi connectivity index (χ3v) is 2.33. The van der Waals surface area contributed by atoms with Gasteiger partial charge in [-0.3, -0.25) is 4.79 Å². The molecule has 0 atom stereocenters. The van der Waals surface area contributed by atoms with Crippen molar-refractivity contribution >= 4 is 5.78 Å². The van der Waals surface area contributed by atoms with E-state index in [0.717, 1.165) is 31.3 Å². The molecule has 0 unspecified atom stereocenters. The van der Waals surface area contributed by atoms with Crippen LogP contribution in [-0.2, 0) is 4.79 Å². The Hall–Kier alpha value is -0.660. The molecule has 68 valence electrons. The summed E-state index contributed by atoms with van der Waals surface area (Å²) in [6.07, 6.45) is 4.83. The molecule has 12 heavy (non-hydrogen) atoms. The lowest BCUT2D eigenvalue weighted by Crippen LogP contribution is -2.04. The number of allylic oxidation sites excluding steroid dienone is 2. The number of ketones is 1. The van der Waals surface area contributed by atoms with Gasteiger partial charge in [-0.05, 0) is 31.8 Å². The molecule has 1 saturated carbocycles. The molecule has 0 heterocycles. The molecule has 0 saturated heterocycles. The molecule has 0 aromatic heterocycles. The number of halogens is 1. The zero-order valence-corrected chi connectivity index (χ0v) is 7.53. The number of hydrogen-bond acceptors (Lipinski definition) is 1. The van der Waals surface area contributed by atoms with Gasteiger partial charge in [0.2, 0.25) is 0 Å². The minimum absolute atomic E-state index is 0.148. The summed E-state index contributed by atoms with van der Waals surface area (Å²) in [7, 11) is 0. The van der Waals surface area contributed by atoms with Crippen LogP contribution in [0.25, 0.3) is 0 Å². The highest BCUT2D eigenvalue weighted by Crippen LogP contribution is 2.22. The molecule has 0 N–H and O–H groups in total. The summed E-state index contributed by atoms with van der Waals surface area (Å²) >= 11 is 0. The van der Waals surface area contributed by atoms with Crippen LogP contribution in [0.1, 0.15) is 45.4 Å². The van der Waals surface area contributed by atoms with Crippen molar-refractivity contribution in [3.63, 3.8) is 0 Å². The van der Waals surface area contributed by atoms with E-state index in [4.69, 9.17) is 0 Å². The first-order valence-corrected chi connectivity index (χ1v) is 4.56. The van der Waals surface area contributed by atoms with Crippen LogP contribution in [0.15, 0.2) is 11.4 Å². The van der Waals surface area contributed by atoms with Crippen molar-refractivity contribution in [3.8, 4) is 0 Å². The molecule has 1 fully saturated rings. The molecule has 0 aliphatic heterocycles. The summed E-state index contributed by atoms with van der Waals surface area (Å²) < 4.78 is 12.8. The zero-order chi connectivity index (χ0) is 8.97. The van der Waals surface area contributed by atoms with Crippen LogP contribution < -0.4 is 0 Å². The summed E-state index contributed by atoms with van der Waals surface area (Å²) in [4.78, 5) is 11.1. The Morgan fingerprint density at radius 1 is 1.25 bits per heavy atom. The SMILES string of the molecule is C/C(F)=C1/CCCCCC(=O)C1. The predicted octanol–water partition coefficient (Wildman–Crippen LogP) is 3.15. The van der Waals surface area contributed by atoms with E-state index in [0.29, 0.717) is 12.8 Å². The van der Waals surface area contributed by atoms with Gasteiger partial charge in [0.15, 0.2) is 0 Å². The number of carbonyl (C=O) groups excluding carboxylic acids is 1. The Balaban J connectivity index is 2.62. The van der Waals surface area contributed by atoms with Gasteiger partial charge in [-0.2, -0.15) is 0 Å². The standard InChI is InChI=1S/C10H15FO/c1-8(11)9-5-3-2-4-6-10(12)7-9/h2-7H2,1H3/b9-8+. The lowest BCUT2D eigenvalue weighted by Gasteiger charge is -2.11. The van der Waals surface area contributed by atoms with Crippen LogP contribution in [0.2, 0.25) is 0 Å². The molecule has 1 nitrogen and oxygen atoms in total. The maximum Gasteiger partial charge on any atom is 0.137 e. The quantitative estimate of drug-likeness (QED) is 0.545. The van der Waals surface area contributed by atoms with Gasteiger partial charge in [-0.25, -0.2) is 4.39 Å². The largest absolute Gasteiger partial charge is 0.299 e. The summed E-state index contributed by atoms with van der Waals surface area (Å²) in [5, 5.41) is 0. The lowest BCUT2D eigenvalue weighted by molar-refractivity contribution is -0.118. The number of Topliss-reactive ketones (excluding diaryl/α,β-unsaturated/α-hetero) is 1. The van der Waals surface area contributed by atoms with E-state index in [9.17, 15) is 9.18 Å². The Morgan fingerprint density at radius 2 is 1.92 bits per heavy atom. The highest BCUT2D eigenvalue weighted by Gasteiger charge is 2.12. The van der Waals surface area contributed by atoms with Gasteiger partial charge in [0.1, 0.15) is 5.78 Å². The average molecular weight is 170 g/mol. The van der Waals surface area contributed by atoms with Gasteiger partial charge in [0.25, 0.3) is 0 Å². The molecule has 0 aromatic carbocycles. The van der Waals surface area contributed by atoms with Crippen LogP contribution in [0.4, 0.5) is 4.39 Å². The molecule has 0 radical (unpaired) electrons. The number of hydrogen-bond donors (Lipinski definition) is 0. The fourth-order valence-electron chi connectivity index (χ4n) is 1.55. The number of carbonyl (C=O) groups is 1. The van der Waals surface area contributed by atoms with Gasteiger partial charge in [-0.1, -0.05) is 6.42 Å². The smallest absolute Gasteiger partial charge is 0.137 e. The van der Waals surface area contributed by atoms with E-state index in [1.807, 2.05) is 0 Å². The molecule has 0 spiro atoms. The van der Waals surface area contributed by atoms with Crippen molar-refractivity contribution in [2.75, 3.05) is 0 Å². The topological polar surface area (TPSA) is 17.1 Å². The Bertz CT molecular complexity index is 202. The molecule has 0 amide bonds. The maximum atomic E-state index is 12.8. The lowest BCUT2D eigenvalue weighted by atomic mass is 9.95. The third-order valence-electron chi connectivity index (χ3n) is 2.33. The van der Waals surface area contributed by atoms with Crippen molar-refractivity contribution in [2.45, 2.75) is 45.4 Å². The molecule has 1 rings (SSSR count). The van der Waals surface area contributed by atoms with Gasteiger partial charge in [-0.15, -0.1) is 0 Å². The summed E-state index contributed by atoms with van der Waals surface area (Å²) in [5.41, 5.74) is 0.722. The molecule has 0 aromatic rings. The maximum absolute atomic E-state index is 12.8. The third kappa shape index (κ3) is 2.76. The second-order valence-electron chi connectivity index (χ2n) is 3.41. The normalized spacial score (nSPS) is 24.7. The van der Waals surface area contributed by atoms with E-state index < -0.39 is 0 Å². The Morgan fingerprint density at radius 3 is 2.58 bits per heavy atom. The number of rotatable bonds is 0. The first kappa shape index (κ1) is 9.43.